The molecule has 0 aliphatic rings. The van der Waals surface area contributed by atoms with Gasteiger partial charge < -0.3 is 14.4 Å². The summed E-state index contributed by atoms with van der Waals surface area (Å²) in [6, 6.07) is 18.2. The molecule has 3 rings (SSSR count). The number of anilines is 1. The number of hydrogen-bond donors (Lipinski definition) is 0. The van der Waals surface area contributed by atoms with Crippen LogP contribution in [0.5, 0.6) is 5.75 Å². The zero-order chi connectivity index (χ0) is 22.1. The van der Waals surface area contributed by atoms with Crippen molar-refractivity contribution < 1.29 is 13.9 Å². The molecule has 2 aromatic carbocycles. The molecule has 5 heteroatoms. The number of aromatic nitrogens is 1. The van der Waals surface area contributed by atoms with E-state index in [0.29, 0.717) is 12.4 Å². The summed E-state index contributed by atoms with van der Waals surface area (Å²) in [5.41, 5.74) is 3.84. The minimum absolute atomic E-state index is 0.236. The van der Waals surface area contributed by atoms with Crippen molar-refractivity contribution in [2.75, 3.05) is 37.9 Å². The Balaban J connectivity index is 1.82. The van der Waals surface area contributed by atoms with Gasteiger partial charge in [-0.25, -0.2) is 9.37 Å². The van der Waals surface area contributed by atoms with Crippen molar-refractivity contribution >= 4 is 16.6 Å². The Bertz CT molecular complexity index is 942. The number of alkyl halides is 1. The second-order valence-corrected chi connectivity index (χ2v) is 7.57. The fourth-order valence-electron chi connectivity index (χ4n) is 3.56. The molecule has 31 heavy (non-hydrogen) atoms. The molecule has 0 saturated heterocycles. The number of unbranched alkanes of at least 4 members (excludes halogenated alkanes) is 1. The van der Waals surface area contributed by atoms with Gasteiger partial charge in [-0.15, -0.1) is 0 Å². The molecule has 1 heterocycles. The quantitative estimate of drug-likeness (QED) is 0.320. The normalized spacial score (nSPS) is 12.1. The van der Waals surface area contributed by atoms with E-state index in [2.05, 4.69) is 49.9 Å². The van der Waals surface area contributed by atoms with E-state index in [1.54, 1.807) is 0 Å². The summed E-state index contributed by atoms with van der Waals surface area (Å²) < 4.78 is 25.1. The van der Waals surface area contributed by atoms with Gasteiger partial charge in [-0.2, -0.15) is 0 Å². The highest BCUT2D eigenvalue weighted by molar-refractivity contribution is 5.86. The van der Waals surface area contributed by atoms with Crippen LogP contribution in [0.15, 0.2) is 54.6 Å². The monoisotopic (exact) mass is 424 g/mol. The second-order valence-electron chi connectivity index (χ2n) is 7.57. The van der Waals surface area contributed by atoms with Crippen LogP contribution < -0.4 is 9.64 Å². The third-order valence-electron chi connectivity index (χ3n) is 5.39. The predicted octanol–water partition coefficient (Wildman–Crippen LogP) is 6.28. The van der Waals surface area contributed by atoms with Crippen molar-refractivity contribution in [2.45, 2.75) is 39.7 Å². The van der Waals surface area contributed by atoms with Gasteiger partial charge in [-0.1, -0.05) is 43.7 Å². The van der Waals surface area contributed by atoms with Crippen LogP contribution in [0, 0.1) is 0 Å². The number of fused-ring (bicyclic) bond motifs is 1. The Kier molecular flexibility index (Phi) is 8.65. The first-order valence-corrected chi connectivity index (χ1v) is 11.3. The molecule has 4 nitrogen and oxygen atoms in total. The van der Waals surface area contributed by atoms with Gasteiger partial charge in [0.1, 0.15) is 17.9 Å². The smallest absolute Gasteiger partial charge is 0.150 e. The lowest BCUT2D eigenvalue weighted by atomic mass is 10.1. The van der Waals surface area contributed by atoms with Crippen molar-refractivity contribution in [1.29, 1.82) is 0 Å². The van der Waals surface area contributed by atoms with E-state index in [9.17, 15) is 4.39 Å². The van der Waals surface area contributed by atoms with Gasteiger partial charge in [-0.3, -0.25) is 0 Å². The number of nitrogens with zero attached hydrogens (tertiary/aromatic N) is 2. The Morgan fingerprint density at radius 2 is 1.74 bits per heavy atom. The Morgan fingerprint density at radius 3 is 2.42 bits per heavy atom. The lowest BCUT2D eigenvalue weighted by Crippen LogP contribution is -2.25. The lowest BCUT2D eigenvalue weighted by Gasteiger charge is -2.21. The highest BCUT2D eigenvalue weighted by Crippen LogP contribution is 2.29. The third-order valence-corrected chi connectivity index (χ3v) is 5.39. The minimum atomic E-state index is -0.638. The average molecular weight is 425 g/mol. The molecule has 0 aliphatic heterocycles. The van der Waals surface area contributed by atoms with Crippen LogP contribution in [0.4, 0.5) is 10.1 Å². The summed E-state index contributed by atoms with van der Waals surface area (Å²) in [5, 5.41) is 0.963. The number of para-hydroxylation sites is 1. The van der Waals surface area contributed by atoms with Gasteiger partial charge in [0.15, 0.2) is 6.10 Å². The molecule has 166 valence electrons. The summed E-state index contributed by atoms with van der Waals surface area (Å²) >= 11 is 0. The SMILES string of the molecule is CCCCOCC(CF)Oc1cccc2ccc(-c3ccc(N(CC)CC)cc3)nc12. The van der Waals surface area contributed by atoms with Crippen molar-refractivity contribution in [3.63, 3.8) is 0 Å². The highest BCUT2D eigenvalue weighted by atomic mass is 19.1. The van der Waals surface area contributed by atoms with Gasteiger partial charge in [-0.05, 0) is 44.5 Å². The van der Waals surface area contributed by atoms with Crippen molar-refractivity contribution in [2.24, 2.45) is 0 Å². The molecule has 0 bridgehead atoms. The molecule has 0 spiro atoms. The Morgan fingerprint density at radius 1 is 0.968 bits per heavy atom. The van der Waals surface area contributed by atoms with Crippen LogP contribution in [0.3, 0.4) is 0 Å². The van der Waals surface area contributed by atoms with Crippen LogP contribution in [-0.2, 0) is 4.74 Å². The molecule has 3 aromatic rings. The molecule has 0 N–H and O–H groups in total. The fraction of sp³-hybridized carbons (Fsp3) is 0.423. The molecule has 0 amide bonds. The van der Waals surface area contributed by atoms with Crippen LogP contribution >= 0.6 is 0 Å². The Labute approximate surface area is 185 Å². The van der Waals surface area contributed by atoms with Gasteiger partial charge in [0.2, 0.25) is 0 Å². The van der Waals surface area contributed by atoms with E-state index >= 15 is 0 Å². The van der Waals surface area contributed by atoms with Gasteiger partial charge in [0.25, 0.3) is 0 Å². The first kappa shape index (κ1) is 23.0. The van der Waals surface area contributed by atoms with Crippen molar-refractivity contribution in [1.82, 2.24) is 4.98 Å². The molecule has 0 radical (unpaired) electrons. The summed E-state index contributed by atoms with van der Waals surface area (Å²) in [5.74, 6) is 0.584. The summed E-state index contributed by atoms with van der Waals surface area (Å²) in [6.45, 7) is 8.62. The number of ether oxygens (including phenoxy) is 2. The van der Waals surface area contributed by atoms with E-state index in [1.807, 2.05) is 30.3 Å². The standard InChI is InChI=1S/C26H33FN2O2/c1-4-7-17-30-19-23(18-27)31-25-10-8-9-21-13-16-24(28-26(21)25)20-11-14-22(15-12-20)29(5-2)6-3/h8-16,23H,4-7,17-19H2,1-3H3. The van der Waals surface area contributed by atoms with E-state index < -0.39 is 12.8 Å². The first-order valence-electron chi connectivity index (χ1n) is 11.3. The number of pyridine rings is 1. The average Bonchev–Trinajstić information content (AvgIpc) is 2.82. The third kappa shape index (κ3) is 5.95. The molecule has 1 aromatic heterocycles. The first-order chi connectivity index (χ1) is 15.2. The van der Waals surface area contributed by atoms with Crippen LogP contribution in [-0.4, -0.2) is 44.1 Å². The topological polar surface area (TPSA) is 34.6 Å². The maximum atomic E-state index is 13.5. The summed E-state index contributed by atoms with van der Waals surface area (Å²) in [4.78, 5) is 7.16. The minimum Gasteiger partial charge on any atom is -0.483 e. The number of hydrogen-bond acceptors (Lipinski definition) is 4. The summed E-state index contributed by atoms with van der Waals surface area (Å²) in [7, 11) is 0. The van der Waals surface area contributed by atoms with Crippen molar-refractivity contribution in [3.05, 3.63) is 54.6 Å². The Hall–Kier alpha value is -2.66. The maximum Gasteiger partial charge on any atom is 0.150 e. The van der Waals surface area contributed by atoms with E-state index in [1.165, 1.54) is 5.69 Å². The van der Waals surface area contributed by atoms with Crippen LogP contribution in [0.25, 0.3) is 22.2 Å². The molecule has 1 unspecified atom stereocenters. The second kappa shape index (κ2) is 11.7. The fourth-order valence-corrected chi connectivity index (χ4v) is 3.56. The molecule has 1 atom stereocenters. The van der Waals surface area contributed by atoms with Gasteiger partial charge >= 0.3 is 0 Å². The van der Waals surface area contributed by atoms with Crippen molar-refractivity contribution in [3.8, 4) is 17.0 Å². The molecule has 0 saturated carbocycles. The summed E-state index contributed by atoms with van der Waals surface area (Å²) in [6.07, 6.45) is 1.37. The lowest BCUT2D eigenvalue weighted by molar-refractivity contribution is 0.0373. The van der Waals surface area contributed by atoms with Crippen LogP contribution in [0.2, 0.25) is 0 Å². The van der Waals surface area contributed by atoms with E-state index in [0.717, 1.165) is 48.1 Å². The van der Waals surface area contributed by atoms with Gasteiger partial charge in [0, 0.05) is 36.3 Å². The number of halogens is 1. The highest BCUT2D eigenvalue weighted by Gasteiger charge is 2.14. The van der Waals surface area contributed by atoms with Gasteiger partial charge in [0.05, 0.1) is 12.3 Å². The molecular formula is C26H33FN2O2. The van der Waals surface area contributed by atoms with E-state index in [-0.39, 0.29) is 6.61 Å². The molecule has 0 fully saturated rings. The zero-order valence-electron chi connectivity index (χ0n) is 18.8. The maximum absolute atomic E-state index is 13.5. The molecular weight excluding hydrogens is 391 g/mol. The number of rotatable bonds is 12. The van der Waals surface area contributed by atoms with E-state index in [4.69, 9.17) is 14.5 Å². The molecule has 0 aliphatic carbocycles. The zero-order valence-corrected chi connectivity index (χ0v) is 18.8. The van der Waals surface area contributed by atoms with Crippen LogP contribution in [0.1, 0.15) is 33.6 Å². The largest absolute Gasteiger partial charge is 0.483 e. The predicted molar refractivity (Wildman–Crippen MR) is 127 cm³/mol. The number of benzene rings is 2.